The first-order valence-electron chi connectivity index (χ1n) is 6.75. The van der Waals surface area contributed by atoms with E-state index in [2.05, 4.69) is 25.1 Å². The largest absolute Gasteiger partial charge is 0.496 e. The Morgan fingerprint density at radius 3 is 2.60 bits per heavy atom. The number of benzene rings is 1. The predicted octanol–water partition coefficient (Wildman–Crippen LogP) is 0.948. The molecule has 1 aromatic rings. The number of nitrogens with zero attached hydrogens (tertiary/aromatic N) is 1. The lowest BCUT2D eigenvalue weighted by Crippen LogP contribution is -2.34. The Morgan fingerprint density at radius 1 is 1.40 bits per heavy atom. The Bertz CT molecular complexity index is 417. The van der Waals surface area contributed by atoms with Crippen molar-refractivity contribution >= 4 is 24.3 Å². The molecule has 0 saturated carbocycles. The first-order chi connectivity index (χ1) is 9.53. The zero-order valence-electron chi connectivity index (χ0n) is 12.7. The summed E-state index contributed by atoms with van der Waals surface area (Å²) in [6.07, 6.45) is 3.20. The van der Waals surface area contributed by atoms with E-state index < -0.39 is 7.12 Å². The lowest BCUT2D eigenvalue weighted by atomic mass is 9.79. The predicted molar refractivity (Wildman–Crippen MR) is 86.7 cm³/mol. The quantitative estimate of drug-likeness (QED) is 0.700. The summed E-state index contributed by atoms with van der Waals surface area (Å²) in [5, 5.41) is 18.6. The number of thioether (sulfide) groups is 1. The lowest BCUT2D eigenvalue weighted by molar-refractivity contribution is 0.244. The maximum Gasteiger partial charge on any atom is 0.488 e. The average Bonchev–Trinajstić information content (AvgIpc) is 2.44. The molecule has 0 heterocycles. The third-order valence-electron chi connectivity index (χ3n) is 3.48. The first-order valence-corrected chi connectivity index (χ1v) is 8.15. The van der Waals surface area contributed by atoms with Crippen LogP contribution in [-0.2, 0) is 6.54 Å². The Morgan fingerprint density at radius 2 is 2.10 bits per heavy atom. The van der Waals surface area contributed by atoms with Crippen molar-refractivity contribution < 1.29 is 14.8 Å². The van der Waals surface area contributed by atoms with Gasteiger partial charge in [0.25, 0.3) is 0 Å². The van der Waals surface area contributed by atoms with Crippen LogP contribution in [0.3, 0.4) is 0 Å². The molecule has 20 heavy (non-hydrogen) atoms. The average molecular weight is 297 g/mol. The van der Waals surface area contributed by atoms with Crippen LogP contribution in [0, 0.1) is 0 Å². The van der Waals surface area contributed by atoms with Gasteiger partial charge in [0, 0.05) is 23.9 Å². The van der Waals surface area contributed by atoms with Crippen molar-refractivity contribution in [1.82, 2.24) is 4.90 Å². The molecule has 0 radical (unpaired) electrons. The topological polar surface area (TPSA) is 52.9 Å². The van der Waals surface area contributed by atoms with Crippen LogP contribution >= 0.6 is 11.8 Å². The molecule has 0 aliphatic carbocycles. The molecular formula is C14H24BNO3S. The molecule has 1 unspecified atom stereocenters. The molecule has 1 aromatic carbocycles. The van der Waals surface area contributed by atoms with E-state index in [9.17, 15) is 10.0 Å². The summed E-state index contributed by atoms with van der Waals surface area (Å²) in [6.45, 7) is 2.91. The van der Waals surface area contributed by atoms with Crippen LogP contribution < -0.4 is 10.2 Å². The second-order valence-electron chi connectivity index (χ2n) is 4.88. The Kier molecular flexibility index (Phi) is 7.44. The minimum atomic E-state index is -1.45. The number of hydrogen-bond donors (Lipinski definition) is 2. The maximum atomic E-state index is 9.28. The van der Waals surface area contributed by atoms with Gasteiger partial charge >= 0.3 is 7.12 Å². The molecule has 6 heteroatoms. The molecule has 112 valence electrons. The van der Waals surface area contributed by atoms with Crippen molar-refractivity contribution in [1.29, 1.82) is 0 Å². The molecule has 0 aromatic heterocycles. The number of ether oxygens (including phenoxy) is 1. The molecule has 1 rings (SSSR count). The molecule has 1 atom stereocenters. The van der Waals surface area contributed by atoms with Crippen LogP contribution in [0.25, 0.3) is 0 Å². The van der Waals surface area contributed by atoms with E-state index in [1.165, 1.54) is 0 Å². The summed E-state index contributed by atoms with van der Waals surface area (Å²) >= 11 is 1.84. The third-order valence-corrected chi connectivity index (χ3v) is 4.19. The van der Waals surface area contributed by atoms with E-state index in [4.69, 9.17) is 4.74 Å². The summed E-state index contributed by atoms with van der Waals surface area (Å²) in [7, 11) is 2.28. The van der Waals surface area contributed by atoms with Crippen molar-refractivity contribution in [2.45, 2.75) is 25.9 Å². The van der Waals surface area contributed by atoms with Crippen LogP contribution in [0.15, 0.2) is 18.2 Å². The van der Waals surface area contributed by atoms with Crippen molar-refractivity contribution in [3.05, 3.63) is 23.8 Å². The monoisotopic (exact) mass is 297 g/mol. The fourth-order valence-electron chi connectivity index (χ4n) is 2.23. The zero-order valence-corrected chi connectivity index (χ0v) is 13.5. The summed E-state index contributed by atoms with van der Waals surface area (Å²) < 4.78 is 5.36. The van der Waals surface area contributed by atoms with E-state index in [-0.39, 0.29) is 0 Å². The number of rotatable bonds is 8. The minimum absolute atomic E-state index is 0.493. The summed E-state index contributed by atoms with van der Waals surface area (Å²) in [5.74, 6) is 1.86. The standard InChI is InChI=1S/C14H24BNO3S/c1-5-13(10-20-4)16(2)9-11-8-12(15(17)18)6-7-14(11)19-3/h6-8,13,17-18H,5,9-10H2,1-4H3. The van der Waals surface area contributed by atoms with Crippen molar-refractivity contribution in [3.8, 4) is 5.75 Å². The fraction of sp³-hybridized carbons (Fsp3) is 0.571. The van der Waals surface area contributed by atoms with Gasteiger partial charge in [-0.25, -0.2) is 0 Å². The fourth-order valence-corrected chi connectivity index (χ4v) is 3.10. The van der Waals surface area contributed by atoms with Gasteiger partial charge in [0.15, 0.2) is 0 Å². The lowest BCUT2D eigenvalue weighted by Gasteiger charge is -2.27. The van der Waals surface area contributed by atoms with Crippen molar-refractivity contribution in [2.24, 2.45) is 0 Å². The highest BCUT2D eigenvalue weighted by molar-refractivity contribution is 7.98. The molecule has 0 aliphatic rings. The van der Waals surface area contributed by atoms with Crippen LogP contribution in [0.1, 0.15) is 18.9 Å². The summed E-state index contributed by atoms with van der Waals surface area (Å²) in [6, 6.07) is 5.75. The van der Waals surface area contributed by atoms with Gasteiger partial charge in [0.2, 0.25) is 0 Å². The highest BCUT2D eigenvalue weighted by Crippen LogP contribution is 2.20. The second kappa shape index (κ2) is 8.57. The minimum Gasteiger partial charge on any atom is -0.496 e. The van der Waals surface area contributed by atoms with E-state index in [1.54, 1.807) is 25.3 Å². The Labute approximate surface area is 126 Å². The Hall–Kier alpha value is -0.685. The molecule has 0 spiro atoms. The van der Waals surface area contributed by atoms with Gasteiger partial charge in [-0.3, -0.25) is 4.90 Å². The van der Waals surface area contributed by atoms with Gasteiger partial charge in [-0.05, 0) is 31.3 Å². The molecule has 2 N–H and O–H groups in total. The molecule has 0 saturated heterocycles. The number of methoxy groups -OCH3 is 1. The molecule has 0 fully saturated rings. The highest BCUT2D eigenvalue weighted by Gasteiger charge is 2.17. The third kappa shape index (κ3) is 4.70. The second-order valence-corrected chi connectivity index (χ2v) is 5.79. The highest BCUT2D eigenvalue weighted by atomic mass is 32.2. The van der Waals surface area contributed by atoms with Gasteiger partial charge in [0.05, 0.1) is 7.11 Å². The van der Waals surface area contributed by atoms with Crippen molar-refractivity contribution in [3.63, 3.8) is 0 Å². The van der Waals surface area contributed by atoms with E-state index in [0.717, 1.165) is 30.0 Å². The first kappa shape index (κ1) is 17.4. The van der Waals surface area contributed by atoms with E-state index >= 15 is 0 Å². The molecular weight excluding hydrogens is 273 g/mol. The number of hydrogen-bond acceptors (Lipinski definition) is 5. The molecule has 0 aliphatic heterocycles. The van der Waals surface area contributed by atoms with Crippen molar-refractivity contribution in [2.75, 3.05) is 26.2 Å². The Balaban J connectivity index is 2.91. The maximum absolute atomic E-state index is 9.28. The van der Waals surface area contributed by atoms with Gasteiger partial charge < -0.3 is 14.8 Å². The molecule has 0 amide bonds. The molecule has 0 bridgehead atoms. The van der Waals surface area contributed by atoms with Gasteiger partial charge in [-0.1, -0.05) is 19.1 Å². The summed E-state index contributed by atoms with van der Waals surface area (Å²) in [4.78, 5) is 2.28. The van der Waals surface area contributed by atoms with Gasteiger partial charge in [-0.2, -0.15) is 11.8 Å². The summed E-state index contributed by atoms with van der Waals surface area (Å²) in [5.41, 5.74) is 1.47. The van der Waals surface area contributed by atoms with Crippen LogP contribution in [-0.4, -0.2) is 54.3 Å². The molecule has 4 nitrogen and oxygen atoms in total. The van der Waals surface area contributed by atoms with E-state index in [1.807, 2.05) is 11.8 Å². The zero-order chi connectivity index (χ0) is 15.1. The van der Waals surface area contributed by atoms with Crippen LogP contribution in [0.5, 0.6) is 5.75 Å². The smallest absolute Gasteiger partial charge is 0.488 e. The normalized spacial score (nSPS) is 12.6. The van der Waals surface area contributed by atoms with Crippen LogP contribution in [0.4, 0.5) is 0 Å². The van der Waals surface area contributed by atoms with Gasteiger partial charge in [0.1, 0.15) is 5.75 Å². The van der Waals surface area contributed by atoms with Gasteiger partial charge in [-0.15, -0.1) is 0 Å². The van der Waals surface area contributed by atoms with Crippen LogP contribution in [0.2, 0.25) is 0 Å². The SMILES string of the molecule is CCC(CSC)N(C)Cc1cc(B(O)O)ccc1OC. The van der Waals surface area contributed by atoms with E-state index in [0.29, 0.717) is 11.5 Å².